The third-order valence-corrected chi connectivity index (χ3v) is 1.75. The molecule has 0 rings (SSSR count). The number of unbranched alkanes of at least 4 members (excludes halogenated alkanes) is 3. The lowest BCUT2D eigenvalue weighted by Gasteiger charge is -2.03. The van der Waals surface area contributed by atoms with Gasteiger partial charge in [-0.1, -0.05) is 32.6 Å². The van der Waals surface area contributed by atoms with Gasteiger partial charge >= 0.3 is 0 Å². The number of nitriles is 1. The Kier molecular flexibility index (Phi) is 7.73. The molecule has 12 heavy (non-hydrogen) atoms. The summed E-state index contributed by atoms with van der Waals surface area (Å²) in [6.45, 7) is 2.16. The minimum atomic E-state index is -0.429. The van der Waals surface area contributed by atoms with E-state index in [0.29, 0.717) is 0 Å². The second-order valence-electron chi connectivity index (χ2n) is 2.90. The first-order valence-corrected chi connectivity index (χ1v) is 4.55. The molecule has 0 spiro atoms. The van der Waals surface area contributed by atoms with E-state index in [0.717, 1.165) is 12.8 Å². The average molecular weight is 167 g/mol. The molecular weight excluding hydrogens is 150 g/mol. The Hall–Kier alpha value is -0.810. The van der Waals surface area contributed by atoms with Gasteiger partial charge in [-0.3, -0.25) is 0 Å². The van der Waals surface area contributed by atoms with E-state index >= 15 is 0 Å². The van der Waals surface area contributed by atoms with Crippen molar-refractivity contribution in [3.05, 3.63) is 12.2 Å². The van der Waals surface area contributed by atoms with Crippen molar-refractivity contribution in [2.45, 2.75) is 45.1 Å². The Labute approximate surface area is 74.5 Å². The minimum Gasteiger partial charge on any atom is -0.389 e. The zero-order chi connectivity index (χ0) is 9.23. The highest BCUT2D eigenvalue weighted by molar-refractivity contribution is 5.04. The lowest BCUT2D eigenvalue weighted by Crippen LogP contribution is -2.00. The van der Waals surface area contributed by atoms with Crippen molar-refractivity contribution in [1.29, 1.82) is 5.26 Å². The van der Waals surface area contributed by atoms with Crippen LogP contribution in [0.4, 0.5) is 0 Å². The van der Waals surface area contributed by atoms with Gasteiger partial charge in [-0.25, -0.2) is 0 Å². The van der Waals surface area contributed by atoms with Crippen molar-refractivity contribution in [3.8, 4) is 6.07 Å². The molecule has 0 aliphatic rings. The van der Waals surface area contributed by atoms with Gasteiger partial charge < -0.3 is 5.11 Å². The fourth-order valence-electron chi connectivity index (χ4n) is 1.03. The normalized spacial score (nSPS) is 13.1. The predicted molar refractivity (Wildman–Crippen MR) is 49.5 cm³/mol. The van der Waals surface area contributed by atoms with Gasteiger partial charge in [-0.2, -0.15) is 5.26 Å². The Bertz CT molecular complexity index is 158. The molecule has 0 aromatic rings. The maximum absolute atomic E-state index is 9.24. The lowest BCUT2D eigenvalue weighted by molar-refractivity contribution is 0.208. The topological polar surface area (TPSA) is 44.0 Å². The van der Waals surface area contributed by atoms with E-state index in [1.54, 1.807) is 6.08 Å². The van der Waals surface area contributed by atoms with Crippen molar-refractivity contribution in [2.75, 3.05) is 0 Å². The molecule has 0 heterocycles. The van der Waals surface area contributed by atoms with Crippen LogP contribution in [0.5, 0.6) is 0 Å². The molecule has 0 saturated carbocycles. The number of hydrogen-bond donors (Lipinski definition) is 1. The second kappa shape index (κ2) is 8.29. The van der Waals surface area contributed by atoms with E-state index < -0.39 is 6.10 Å². The molecule has 2 heteroatoms. The van der Waals surface area contributed by atoms with Gasteiger partial charge in [0.2, 0.25) is 0 Å². The summed E-state index contributed by atoms with van der Waals surface area (Å²) in [5, 5.41) is 17.4. The SMILES string of the molecule is CCCCCCC(O)/C=C\C#N. The predicted octanol–water partition coefficient (Wildman–Crippen LogP) is 2.40. The fraction of sp³-hybridized carbons (Fsp3) is 0.700. The van der Waals surface area contributed by atoms with Gasteiger partial charge in [-0.05, 0) is 12.5 Å². The van der Waals surface area contributed by atoms with Crippen LogP contribution in [-0.4, -0.2) is 11.2 Å². The highest BCUT2D eigenvalue weighted by Gasteiger charge is 1.97. The zero-order valence-corrected chi connectivity index (χ0v) is 7.66. The van der Waals surface area contributed by atoms with Crippen molar-refractivity contribution < 1.29 is 5.11 Å². The molecule has 0 aliphatic carbocycles. The van der Waals surface area contributed by atoms with Crippen LogP contribution in [0.2, 0.25) is 0 Å². The van der Waals surface area contributed by atoms with Gasteiger partial charge in [0, 0.05) is 6.08 Å². The number of nitrogens with zero attached hydrogens (tertiary/aromatic N) is 1. The third kappa shape index (κ3) is 7.30. The lowest BCUT2D eigenvalue weighted by atomic mass is 10.1. The zero-order valence-electron chi connectivity index (χ0n) is 7.66. The van der Waals surface area contributed by atoms with Crippen molar-refractivity contribution in [3.63, 3.8) is 0 Å². The van der Waals surface area contributed by atoms with Gasteiger partial charge in [0.1, 0.15) is 0 Å². The summed E-state index contributed by atoms with van der Waals surface area (Å²) in [6, 6.07) is 1.86. The molecule has 0 aromatic carbocycles. The number of rotatable bonds is 6. The van der Waals surface area contributed by atoms with Gasteiger partial charge in [0.05, 0.1) is 12.2 Å². The molecule has 0 aromatic heterocycles. The first-order chi connectivity index (χ1) is 5.81. The van der Waals surface area contributed by atoms with E-state index in [2.05, 4.69) is 6.92 Å². The molecule has 0 bridgehead atoms. The second-order valence-corrected chi connectivity index (χ2v) is 2.90. The van der Waals surface area contributed by atoms with E-state index in [-0.39, 0.29) is 0 Å². The molecule has 0 amide bonds. The quantitative estimate of drug-likeness (QED) is 0.487. The van der Waals surface area contributed by atoms with Crippen LogP contribution in [0.1, 0.15) is 39.0 Å². The monoisotopic (exact) mass is 167 g/mol. The molecule has 0 radical (unpaired) electrons. The largest absolute Gasteiger partial charge is 0.389 e. The third-order valence-electron chi connectivity index (χ3n) is 1.75. The van der Waals surface area contributed by atoms with E-state index in [1.807, 2.05) is 6.07 Å². The molecule has 1 atom stereocenters. The average Bonchev–Trinajstić information content (AvgIpc) is 2.09. The molecular formula is C10H17NO. The maximum atomic E-state index is 9.24. The Morgan fingerprint density at radius 3 is 2.75 bits per heavy atom. The van der Waals surface area contributed by atoms with Gasteiger partial charge in [-0.15, -0.1) is 0 Å². The fourth-order valence-corrected chi connectivity index (χ4v) is 1.03. The van der Waals surface area contributed by atoms with Crippen LogP contribution in [0.3, 0.4) is 0 Å². The summed E-state index contributed by atoms with van der Waals surface area (Å²) in [6.07, 6.45) is 7.90. The molecule has 2 nitrogen and oxygen atoms in total. The Morgan fingerprint density at radius 1 is 1.42 bits per heavy atom. The summed E-state index contributed by atoms with van der Waals surface area (Å²) >= 11 is 0. The molecule has 68 valence electrons. The molecule has 1 unspecified atom stereocenters. The van der Waals surface area contributed by atoms with Crippen LogP contribution in [0.25, 0.3) is 0 Å². The summed E-state index contributed by atoms with van der Waals surface area (Å²) in [5.74, 6) is 0. The van der Waals surface area contributed by atoms with E-state index in [1.165, 1.54) is 25.3 Å². The standard InChI is InChI=1S/C10H17NO/c1-2-3-4-5-7-10(12)8-6-9-11/h6,8,10,12H,2-5,7H2,1H3/b8-6-. The summed E-state index contributed by atoms with van der Waals surface area (Å²) in [4.78, 5) is 0. The Morgan fingerprint density at radius 2 is 2.17 bits per heavy atom. The smallest absolute Gasteiger partial charge is 0.0909 e. The first kappa shape index (κ1) is 11.2. The van der Waals surface area contributed by atoms with Crippen LogP contribution in [-0.2, 0) is 0 Å². The summed E-state index contributed by atoms with van der Waals surface area (Å²) < 4.78 is 0. The number of aliphatic hydroxyl groups is 1. The summed E-state index contributed by atoms with van der Waals surface area (Å²) in [7, 11) is 0. The number of aliphatic hydroxyl groups excluding tert-OH is 1. The molecule has 1 N–H and O–H groups in total. The molecule has 0 fully saturated rings. The summed E-state index contributed by atoms with van der Waals surface area (Å²) in [5.41, 5.74) is 0. The van der Waals surface area contributed by atoms with Crippen LogP contribution < -0.4 is 0 Å². The van der Waals surface area contributed by atoms with E-state index in [9.17, 15) is 5.11 Å². The van der Waals surface area contributed by atoms with Gasteiger partial charge in [0.15, 0.2) is 0 Å². The molecule has 0 aliphatic heterocycles. The number of hydrogen-bond acceptors (Lipinski definition) is 2. The van der Waals surface area contributed by atoms with Crippen molar-refractivity contribution in [2.24, 2.45) is 0 Å². The van der Waals surface area contributed by atoms with Crippen molar-refractivity contribution >= 4 is 0 Å². The minimum absolute atomic E-state index is 0.429. The van der Waals surface area contributed by atoms with E-state index in [4.69, 9.17) is 5.26 Å². The highest BCUT2D eigenvalue weighted by Crippen LogP contribution is 2.05. The van der Waals surface area contributed by atoms with Crippen LogP contribution >= 0.6 is 0 Å². The maximum Gasteiger partial charge on any atom is 0.0909 e. The van der Waals surface area contributed by atoms with Crippen LogP contribution in [0.15, 0.2) is 12.2 Å². The Balaban J connectivity index is 3.26. The van der Waals surface area contributed by atoms with Crippen LogP contribution in [0, 0.1) is 11.3 Å². The van der Waals surface area contributed by atoms with Crippen molar-refractivity contribution in [1.82, 2.24) is 0 Å². The first-order valence-electron chi connectivity index (χ1n) is 4.55. The number of allylic oxidation sites excluding steroid dienone is 1. The highest BCUT2D eigenvalue weighted by atomic mass is 16.3. The molecule has 0 saturated heterocycles. The van der Waals surface area contributed by atoms with Gasteiger partial charge in [0.25, 0.3) is 0 Å².